The molecule has 0 radical (unpaired) electrons. The Kier molecular flexibility index (Phi) is 19.4. The highest BCUT2D eigenvalue weighted by molar-refractivity contribution is 6.88. The van der Waals surface area contributed by atoms with Crippen LogP contribution in [0, 0.1) is 10.8 Å². The maximum atomic E-state index is 13.4. The summed E-state index contributed by atoms with van der Waals surface area (Å²) in [6, 6.07) is 1.58. The van der Waals surface area contributed by atoms with Crippen LogP contribution in [0.2, 0.25) is 50.9 Å². The van der Waals surface area contributed by atoms with Crippen LogP contribution in [0.5, 0.6) is 0 Å². The smallest absolute Gasteiger partial charge is 0.389 e. The average molecular weight is 683 g/mol. The van der Waals surface area contributed by atoms with Crippen molar-refractivity contribution >= 4 is 25.2 Å². The van der Waals surface area contributed by atoms with Crippen molar-refractivity contribution in [2.24, 2.45) is 10.8 Å². The fourth-order valence-electron chi connectivity index (χ4n) is 4.82. The van der Waals surface area contributed by atoms with E-state index in [1.54, 1.807) is 0 Å². The zero-order chi connectivity index (χ0) is 34.3. The molecule has 0 heterocycles. The summed E-state index contributed by atoms with van der Waals surface area (Å²) < 4.78 is 65.6. The van der Waals surface area contributed by atoms with Crippen molar-refractivity contribution in [2.45, 2.75) is 170 Å². The largest absolute Gasteiger partial charge is 0.436 e. The van der Waals surface area contributed by atoms with Crippen molar-refractivity contribution in [1.29, 1.82) is 0 Å². The van der Waals surface area contributed by atoms with Crippen LogP contribution in [0.3, 0.4) is 0 Å². The molecule has 262 valence electrons. The van der Waals surface area contributed by atoms with Crippen LogP contribution in [0.15, 0.2) is 24.3 Å². The molecule has 0 amide bonds. The van der Waals surface area contributed by atoms with Gasteiger partial charge in [0.1, 0.15) is 0 Å². The minimum absolute atomic E-state index is 0.0662. The van der Waals surface area contributed by atoms with Crippen LogP contribution >= 0.6 is 0 Å². The molecule has 0 rings (SSSR count). The summed E-state index contributed by atoms with van der Waals surface area (Å²) in [5.74, 6) is 0. The van der Waals surface area contributed by atoms with Gasteiger partial charge in [-0.1, -0.05) is 65.8 Å². The summed E-state index contributed by atoms with van der Waals surface area (Å²) in [5, 5.41) is 0. The van der Waals surface area contributed by atoms with E-state index in [0.29, 0.717) is 13.2 Å². The lowest BCUT2D eigenvalue weighted by molar-refractivity contribution is -0.131. The van der Waals surface area contributed by atoms with E-state index in [-0.39, 0.29) is 29.1 Å². The molecule has 0 aromatic heterocycles. The first-order valence-electron chi connectivity index (χ1n) is 16.8. The molecule has 0 saturated heterocycles. The molecule has 0 saturated carbocycles. The van der Waals surface area contributed by atoms with Gasteiger partial charge in [0.2, 0.25) is 0 Å². The third-order valence-corrected chi connectivity index (χ3v) is 19.3. The summed E-state index contributed by atoms with van der Waals surface area (Å²) in [5.41, 5.74) is 0.576. The molecule has 0 aromatic rings. The van der Waals surface area contributed by atoms with Gasteiger partial charge in [-0.05, 0) is 114 Å². The zero-order valence-corrected chi connectivity index (χ0v) is 33.7. The van der Waals surface area contributed by atoms with Gasteiger partial charge in [-0.2, -0.15) is 13.2 Å². The molecule has 0 aliphatic heterocycles. The van der Waals surface area contributed by atoms with E-state index < -0.39 is 37.8 Å². The van der Waals surface area contributed by atoms with Gasteiger partial charge in [-0.15, -0.1) is 0 Å². The minimum Gasteiger partial charge on any atom is -0.436 e. The Morgan fingerprint density at radius 3 is 1.27 bits per heavy atom. The SMILES string of the molecule is CC(CC[Si](C)(C)O[Si](C)(CCC(F)(F)F)O[Si](C)(C)CCC(C)OCC/C=C/CC(C)(C)C)OCC/C=C/CC(C)(C)C. The maximum absolute atomic E-state index is 13.4. The second-order valence-electron chi connectivity index (χ2n) is 16.5. The molecule has 10 heteroatoms. The average Bonchev–Trinajstić information content (AvgIpc) is 2.82. The number of hydrogen-bond donors (Lipinski definition) is 0. The molecule has 2 unspecified atom stereocenters. The van der Waals surface area contributed by atoms with E-state index in [1.165, 1.54) is 0 Å². The minimum atomic E-state index is -4.23. The lowest BCUT2D eigenvalue weighted by atomic mass is 9.92. The first kappa shape index (κ1) is 43.8. The highest BCUT2D eigenvalue weighted by atomic mass is 28.5. The van der Waals surface area contributed by atoms with E-state index in [2.05, 4.69) is 106 Å². The molecule has 44 heavy (non-hydrogen) atoms. The van der Waals surface area contributed by atoms with Crippen LogP contribution in [0.1, 0.15) is 100 Å². The fourth-order valence-corrected chi connectivity index (χ4v) is 19.3. The first-order valence-corrected chi connectivity index (χ1v) is 25.6. The third-order valence-electron chi connectivity index (χ3n) is 7.32. The molecule has 0 spiro atoms. The van der Waals surface area contributed by atoms with E-state index in [1.807, 2.05) is 6.55 Å². The fraction of sp³-hybridized carbons (Fsp3) is 0.882. The van der Waals surface area contributed by atoms with Gasteiger partial charge in [-0.3, -0.25) is 0 Å². The van der Waals surface area contributed by atoms with Crippen molar-refractivity contribution in [3.8, 4) is 0 Å². The zero-order valence-electron chi connectivity index (χ0n) is 30.7. The van der Waals surface area contributed by atoms with Gasteiger partial charge in [-0.25, -0.2) is 0 Å². The molecule has 0 N–H and O–H groups in total. The number of allylic oxidation sites excluding steroid dienone is 2. The van der Waals surface area contributed by atoms with Crippen LogP contribution in [0.4, 0.5) is 13.2 Å². The Balaban J connectivity index is 4.98. The Morgan fingerprint density at radius 2 is 0.955 bits per heavy atom. The van der Waals surface area contributed by atoms with E-state index in [4.69, 9.17) is 17.7 Å². The summed E-state index contributed by atoms with van der Waals surface area (Å²) in [6.45, 7) is 29.1. The van der Waals surface area contributed by atoms with Crippen molar-refractivity contribution in [3.05, 3.63) is 24.3 Å². The van der Waals surface area contributed by atoms with E-state index >= 15 is 0 Å². The number of alkyl halides is 3. The molecular weight excluding hydrogens is 614 g/mol. The molecule has 0 aromatic carbocycles. The molecule has 0 bridgehead atoms. The summed E-state index contributed by atoms with van der Waals surface area (Å²) in [6.07, 6.45) is 9.36. The lowest BCUT2D eigenvalue weighted by Crippen LogP contribution is -2.54. The first-order chi connectivity index (χ1) is 19.8. The second kappa shape index (κ2) is 19.6. The third kappa shape index (κ3) is 26.9. The normalized spacial score (nSPS) is 17.0. The van der Waals surface area contributed by atoms with Crippen LogP contribution in [-0.4, -0.2) is 56.8 Å². The summed E-state index contributed by atoms with van der Waals surface area (Å²) in [7, 11) is -7.68. The molecular formula is C34H69F3O4Si3. The van der Waals surface area contributed by atoms with Crippen molar-refractivity contribution in [3.63, 3.8) is 0 Å². The summed E-state index contributed by atoms with van der Waals surface area (Å²) in [4.78, 5) is 0. The van der Waals surface area contributed by atoms with Crippen molar-refractivity contribution in [2.75, 3.05) is 13.2 Å². The van der Waals surface area contributed by atoms with Gasteiger partial charge < -0.3 is 17.7 Å². The molecule has 0 aliphatic rings. The van der Waals surface area contributed by atoms with Crippen molar-refractivity contribution < 1.29 is 30.9 Å². The second-order valence-corrected chi connectivity index (χ2v) is 28.9. The number of ether oxygens (including phenoxy) is 2. The Morgan fingerprint density at radius 1 is 0.591 bits per heavy atom. The van der Waals surface area contributed by atoms with E-state index in [9.17, 15) is 13.2 Å². The Hall–Kier alpha value is -0.239. The summed E-state index contributed by atoms with van der Waals surface area (Å²) >= 11 is 0. The highest BCUT2D eigenvalue weighted by Crippen LogP contribution is 2.34. The maximum Gasteiger partial charge on any atom is 0.389 e. The predicted octanol–water partition coefficient (Wildman–Crippen LogP) is 11.8. The quantitative estimate of drug-likeness (QED) is 0.0647. The Bertz CT molecular complexity index is 775. The van der Waals surface area contributed by atoms with Crippen LogP contribution < -0.4 is 0 Å². The topological polar surface area (TPSA) is 36.9 Å². The molecule has 4 nitrogen and oxygen atoms in total. The predicted molar refractivity (Wildman–Crippen MR) is 190 cm³/mol. The van der Waals surface area contributed by atoms with Crippen LogP contribution in [-0.2, 0) is 17.7 Å². The lowest BCUT2D eigenvalue weighted by Gasteiger charge is -2.41. The molecule has 2 atom stereocenters. The van der Waals surface area contributed by atoms with Gasteiger partial charge in [0, 0.05) is 6.42 Å². The highest BCUT2D eigenvalue weighted by Gasteiger charge is 2.45. The standard InChI is InChI=1S/C34H69F3O4Si3/c1-30(38-25-18-14-16-22-32(3,4)5)20-27-42(9,10)40-44(13,29-24-34(35,36)37)41-43(11,12)28-21-31(2)39-26-19-15-17-23-33(6,7)8/h14-17,30-31H,18-29H2,1-13H3/b16-14+,17-15+. The Labute approximate surface area is 273 Å². The monoisotopic (exact) mass is 682 g/mol. The molecule has 0 aliphatic carbocycles. The van der Waals surface area contributed by atoms with Gasteiger partial charge in [0.05, 0.1) is 25.4 Å². The molecule has 0 fully saturated rings. The number of rotatable bonds is 22. The van der Waals surface area contributed by atoms with Gasteiger partial charge in [0.15, 0.2) is 16.6 Å². The van der Waals surface area contributed by atoms with Gasteiger partial charge in [0.25, 0.3) is 0 Å². The van der Waals surface area contributed by atoms with Crippen LogP contribution in [0.25, 0.3) is 0 Å². The van der Waals surface area contributed by atoms with Crippen molar-refractivity contribution in [1.82, 2.24) is 0 Å². The van der Waals surface area contributed by atoms with Gasteiger partial charge >= 0.3 is 14.7 Å². The number of hydrogen-bond acceptors (Lipinski definition) is 4. The van der Waals surface area contributed by atoms with E-state index in [0.717, 1.165) is 50.6 Å². The number of halogens is 3.